The van der Waals surface area contributed by atoms with Crippen LogP contribution in [0.1, 0.15) is 24.6 Å². The van der Waals surface area contributed by atoms with Crippen LogP contribution in [0.5, 0.6) is 0 Å². The first kappa shape index (κ1) is 13.4. The summed E-state index contributed by atoms with van der Waals surface area (Å²) in [6.07, 6.45) is 2.74. The Balaban J connectivity index is 1.92. The zero-order valence-corrected chi connectivity index (χ0v) is 11.4. The van der Waals surface area contributed by atoms with Gasteiger partial charge in [0.25, 0.3) is 0 Å². The van der Waals surface area contributed by atoms with Crippen LogP contribution in [0, 0.1) is 5.92 Å². The highest BCUT2D eigenvalue weighted by Gasteiger charge is 2.27. The Morgan fingerprint density at radius 2 is 2.44 bits per heavy atom. The van der Waals surface area contributed by atoms with E-state index in [1.54, 1.807) is 11.3 Å². The van der Waals surface area contributed by atoms with Crippen molar-refractivity contribution in [3.63, 3.8) is 0 Å². The molecule has 5 heteroatoms. The predicted octanol–water partition coefficient (Wildman–Crippen LogP) is 2.06. The van der Waals surface area contributed by atoms with E-state index in [0.29, 0.717) is 12.6 Å². The summed E-state index contributed by atoms with van der Waals surface area (Å²) in [6.45, 7) is 3.85. The highest BCUT2D eigenvalue weighted by atomic mass is 32.1. The lowest BCUT2D eigenvalue weighted by molar-refractivity contribution is -0.143. The molecule has 0 saturated carbocycles. The molecule has 0 bridgehead atoms. The average Bonchev–Trinajstić information content (AvgIpc) is 2.75. The van der Waals surface area contributed by atoms with E-state index in [1.165, 1.54) is 4.88 Å². The molecule has 0 aromatic carbocycles. The molecule has 2 heterocycles. The fourth-order valence-electron chi connectivity index (χ4n) is 2.53. The van der Waals surface area contributed by atoms with E-state index in [2.05, 4.69) is 17.9 Å². The van der Waals surface area contributed by atoms with E-state index in [1.807, 2.05) is 6.07 Å². The van der Waals surface area contributed by atoms with Crippen LogP contribution in [0.3, 0.4) is 0 Å². The standard InChI is InChI=1S/C13H20N2O2S/c1-9(7-11-4-5-12(14)18-11)15-6-2-3-10(8-15)13(16)17/h4-5,9-10H,2-3,6-8,14H2,1H3,(H,16,17). The van der Waals surface area contributed by atoms with Gasteiger partial charge in [-0.05, 0) is 44.9 Å². The number of rotatable bonds is 4. The van der Waals surface area contributed by atoms with Gasteiger partial charge in [-0.3, -0.25) is 9.69 Å². The Morgan fingerprint density at radius 3 is 3.06 bits per heavy atom. The van der Waals surface area contributed by atoms with E-state index in [4.69, 9.17) is 10.8 Å². The van der Waals surface area contributed by atoms with Crippen molar-refractivity contribution in [1.29, 1.82) is 0 Å². The van der Waals surface area contributed by atoms with Crippen molar-refractivity contribution in [3.05, 3.63) is 17.0 Å². The molecule has 1 aromatic rings. The summed E-state index contributed by atoms with van der Waals surface area (Å²) in [5, 5.41) is 9.94. The normalized spacial score (nSPS) is 22.8. The number of piperidine rings is 1. The van der Waals surface area contributed by atoms with Gasteiger partial charge < -0.3 is 10.8 Å². The van der Waals surface area contributed by atoms with Crippen molar-refractivity contribution in [2.45, 2.75) is 32.2 Å². The summed E-state index contributed by atoms with van der Waals surface area (Å²) >= 11 is 1.62. The molecule has 1 aliphatic rings. The van der Waals surface area contributed by atoms with Crippen LogP contribution in [-0.2, 0) is 11.2 Å². The maximum atomic E-state index is 11.0. The van der Waals surface area contributed by atoms with Gasteiger partial charge in [0.1, 0.15) is 0 Å². The molecule has 18 heavy (non-hydrogen) atoms. The second-order valence-electron chi connectivity index (χ2n) is 5.03. The minimum absolute atomic E-state index is 0.199. The summed E-state index contributed by atoms with van der Waals surface area (Å²) in [4.78, 5) is 14.6. The Labute approximate surface area is 111 Å². The summed E-state index contributed by atoms with van der Waals surface area (Å²) in [6, 6.07) is 4.38. The molecule has 1 saturated heterocycles. The van der Waals surface area contributed by atoms with Gasteiger partial charge in [0.2, 0.25) is 0 Å². The topological polar surface area (TPSA) is 66.6 Å². The Morgan fingerprint density at radius 1 is 1.67 bits per heavy atom. The number of nitrogens with zero attached hydrogens (tertiary/aromatic N) is 1. The number of aliphatic carboxylic acids is 1. The van der Waals surface area contributed by atoms with Crippen molar-refractivity contribution < 1.29 is 9.90 Å². The largest absolute Gasteiger partial charge is 0.481 e. The lowest BCUT2D eigenvalue weighted by Gasteiger charge is -2.35. The van der Waals surface area contributed by atoms with Crippen molar-refractivity contribution in [2.24, 2.45) is 5.92 Å². The summed E-state index contributed by atoms with van der Waals surface area (Å²) in [5.41, 5.74) is 5.72. The molecule has 3 N–H and O–H groups in total. The minimum atomic E-state index is -0.660. The molecule has 2 unspecified atom stereocenters. The second-order valence-corrected chi connectivity index (χ2v) is 6.23. The van der Waals surface area contributed by atoms with E-state index in [-0.39, 0.29) is 5.92 Å². The average molecular weight is 268 g/mol. The first-order valence-electron chi connectivity index (χ1n) is 6.37. The molecule has 1 aromatic heterocycles. The highest BCUT2D eigenvalue weighted by Crippen LogP contribution is 2.24. The van der Waals surface area contributed by atoms with Gasteiger partial charge in [0, 0.05) is 17.5 Å². The van der Waals surface area contributed by atoms with Gasteiger partial charge in [0.15, 0.2) is 0 Å². The summed E-state index contributed by atoms with van der Waals surface area (Å²) in [7, 11) is 0. The first-order chi connectivity index (χ1) is 8.56. The van der Waals surface area contributed by atoms with E-state index < -0.39 is 5.97 Å². The number of anilines is 1. The smallest absolute Gasteiger partial charge is 0.307 e. The quantitative estimate of drug-likeness (QED) is 0.877. The molecule has 0 radical (unpaired) electrons. The molecule has 2 atom stereocenters. The van der Waals surface area contributed by atoms with Crippen LogP contribution < -0.4 is 5.73 Å². The SMILES string of the molecule is CC(Cc1ccc(N)s1)N1CCCC(C(=O)O)C1. The van der Waals surface area contributed by atoms with Gasteiger partial charge in [-0.25, -0.2) is 0 Å². The maximum absolute atomic E-state index is 11.0. The minimum Gasteiger partial charge on any atom is -0.481 e. The van der Waals surface area contributed by atoms with Crippen LogP contribution in [0.2, 0.25) is 0 Å². The third-order valence-corrected chi connectivity index (χ3v) is 4.54. The van der Waals surface area contributed by atoms with Gasteiger partial charge in [-0.2, -0.15) is 0 Å². The molecule has 2 rings (SSSR count). The molecular formula is C13H20N2O2S. The number of hydrogen-bond acceptors (Lipinski definition) is 4. The van der Waals surface area contributed by atoms with E-state index in [0.717, 1.165) is 30.8 Å². The molecule has 100 valence electrons. The molecule has 1 aliphatic heterocycles. The number of carboxylic acids is 1. The van der Waals surface area contributed by atoms with Crippen molar-refractivity contribution in [3.8, 4) is 0 Å². The Kier molecular flexibility index (Phi) is 4.24. The number of likely N-dealkylation sites (tertiary alicyclic amines) is 1. The number of nitrogen functional groups attached to an aromatic ring is 1. The van der Waals surface area contributed by atoms with Crippen LogP contribution in [0.15, 0.2) is 12.1 Å². The van der Waals surface area contributed by atoms with Crippen molar-refractivity contribution in [1.82, 2.24) is 4.90 Å². The maximum Gasteiger partial charge on any atom is 0.307 e. The van der Waals surface area contributed by atoms with E-state index >= 15 is 0 Å². The van der Waals surface area contributed by atoms with E-state index in [9.17, 15) is 4.79 Å². The fourth-order valence-corrected chi connectivity index (χ4v) is 3.43. The molecule has 0 aliphatic carbocycles. The fraction of sp³-hybridized carbons (Fsp3) is 0.615. The molecular weight excluding hydrogens is 248 g/mol. The van der Waals surface area contributed by atoms with Crippen molar-refractivity contribution in [2.75, 3.05) is 18.8 Å². The van der Waals surface area contributed by atoms with Crippen LogP contribution in [-0.4, -0.2) is 35.1 Å². The molecule has 1 fully saturated rings. The lowest BCUT2D eigenvalue weighted by atomic mass is 9.96. The number of hydrogen-bond donors (Lipinski definition) is 2. The lowest BCUT2D eigenvalue weighted by Crippen LogP contribution is -2.44. The Hall–Kier alpha value is -1.07. The zero-order valence-electron chi connectivity index (χ0n) is 10.6. The second kappa shape index (κ2) is 5.71. The first-order valence-corrected chi connectivity index (χ1v) is 7.19. The zero-order chi connectivity index (χ0) is 13.1. The van der Waals surface area contributed by atoms with Crippen LogP contribution >= 0.6 is 11.3 Å². The molecule has 4 nitrogen and oxygen atoms in total. The predicted molar refractivity (Wildman–Crippen MR) is 73.8 cm³/mol. The molecule has 0 spiro atoms. The number of carbonyl (C=O) groups is 1. The number of nitrogens with two attached hydrogens (primary N) is 1. The van der Waals surface area contributed by atoms with Gasteiger partial charge >= 0.3 is 5.97 Å². The Bertz CT molecular complexity index is 419. The summed E-state index contributed by atoms with van der Waals surface area (Å²) < 4.78 is 0. The third kappa shape index (κ3) is 3.23. The van der Waals surface area contributed by atoms with Gasteiger partial charge in [0.05, 0.1) is 10.9 Å². The van der Waals surface area contributed by atoms with Gasteiger partial charge in [-0.1, -0.05) is 0 Å². The van der Waals surface area contributed by atoms with Crippen molar-refractivity contribution >= 4 is 22.3 Å². The van der Waals surface area contributed by atoms with Gasteiger partial charge in [-0.15, -0.1) is 11.3 Å². The highest BCUT2D eigenvalue weighted by molar-refractivity contribution is 7.15. The van der Waals surface area contributed by atoms with Crippen LogP contribution in [0.4, 0.5) is 5.00 Å². The number of thiophene rings is 1. The molecule has 0 amide bonds. The third-order valence-electron chi connectivity index (χ3n) is 3.60. The number of carboxylic acid groups (broad SMARTS) is 1. The summed E-state index contributed by atoms with van der Waals surface area (Å²) in [5.74, 6) is -0.859. The van der Waals surface area contributed by atoms with Crippen LogP contribution in [0.25, 0.3) is 0 Å². The monoisotopic (exact) mass is 268 g/mol.